The van der Waals surface area contributed by atoms with Crippen LogP contribution in [-0.4, -0.2) is 38.6 Å². The topological polar surface area (TPSA) is 68.2 Å². The minimum atomic E-state index is 0.328. The number of aromatic nitrogens is 2. The molecule has 1 saturated heterocycles. The largest absolute Gasteiger partial charge is 0.338 e. The lowest BCUT2D eigenvalue weighted by molar-refractivity contribution is 0.150. The molecule has 100 valence electrons. The normalized spacial score (nSPS) is 29.2. The number of nitrogens with zero attached hydrogens (tertiary/aromatic N) is 3. The third kappa shape index (κ3) is 2.55. The van der Waals surface area contributed by atoms with Gasteiger partial charge in [0.2, 0.25) is 5.89 Å². The Morgan fingerprint density at radius 3 is 3.11 bits per heavy atom. The zero-order valence-corrected chi connectivity index (χ0v) is 11.4. The molecule has 2 aliphatic rings. The maximum Gasteiger partial charge on any atom is 0.240 e. The molecule has 6 heteroatoms. The first-order valence-corrected chi connectivity index (χ1v) is 7.79. The molecule has 2 N–H and O–H groups in total. The van der Waals surface area contributed by atoms with Crippen molar-refractivity contribution in [2.75, 3.05) is 12.3 Å². The Hall–Kier alpha value is -0.590. The average molecular weight is 268 g/mol. The van der Waals surface area contributed by atoms with Gasteiger partial charge in [0.1, 0.15) is 0 Å². The fraction of sp³-hybridized carbons (Fsp3) is 0.833. The molecular formula is C12H20N4OS. The number of nitrogens with two attached hydrogens (primary N) is 1. The van der Waals surface area contributed by atoms with Crippen molar-refractivity contribution in [1.29, 1.82) is 0 Å². The molecule has 2 unspecified atom stereocenters. The van der Waals surface area contributed by atoms with Gasteiger partial charge in [-0.2, -0.15) is 16.7 Å². The van der Waals surface area contributed by atoms with Gasteiger partial charge in [-0.1, -0.05) is 18.0 Å². The van der Waals surface area contributed by atoms with E-state index >= 15 is 0 Å². The van der Waals surface area contributed by atoms with Crippen molar-refractivity contribution in [2.45, 2.75) is 50.1 Å². The van der Waals surface area contributed by atoms with E-state index in [0.29, 0.717) is 18.5 Å². The van der Waals surface area contributed by atoms with Gasteiger partial charge in [0.25, 0.3) is 0 Å². The Balaban J connectivity index is 1.66. The van der Waals surface area contributed by atoms with Crippen LogP contribution in [-0.2, 0) is 13.1 Å². The van der Waals surface area contributed by atoms with Crippen LogP contribution in [0.1, 0.15) is 37.4 Å². The second-order valence-corrected chi connectivity index (χ2v) is 6.39. The van der Waals surface area contributed by atoms with Crippen molar-refractivity contribution in [3.8, 4) is 0 Å². The van der Waals surface area contributed by atoms with Crippen LogP contribution in [0.5, 0.6) is 0 Å². The molecular weight excluding hydrogens is 248 g/mol. The van der Waals surface area contributed by atoms with Crippen molar-refractivity contribution in [2.24, 2.45) is 5.73 Å². The van der Waals surface area contributed by atoms with Gasteiger partial charge in [-0.3, -0.25) is 4.90 Å². The van der Waals surface area contributed by atoms with E-state index < -0.39 is 0 Å². The molecule has 0 bridgehead atoms. The van der Waals surface area contributed by atoms with E-state index in [-0.39, 0.29) is 0 Å². The van der Waals surface area contributed by atoms with Gasteiger partial charge in [0.15, 0.2) is 5.82 Å². The second kappa shape index (κ2) is 5.59. The van der Waals surface area contributed by atoms with Crippen molar-refractivity contribution in [1.82, 2.24) is 15.0 Å². The molecule has 0 aromatic carbocycles. The first-order chi connectivity index (χ1) is 8.86. The van der Waals surface area contributed by atoms with Crippen LogP contribution >= 0.6 is 11.8 Å². The second-order valence-electron chi connectivity index (χ2n) is 5.04. The van der Waals surface area contributed by atoms with E-state index in [1.807, 2.05) is 0 Å². The van der Waals surface area contributed by atoms with E-state index in [9.17, 15) is 0 Å². The molecule has 5 nitrogen and oxygen atoms in total. The van der Waals surface area contributed by atoms with Gasteiger partial charge in [-0.05, 0) is 12.8 Å². The number of hydrogen-bond donors (Lipinski definition) is 1. The highest BCUT2D eigenvalue weighted by molar-refractivity contribution is 8.00. The predicted octanol–water partition coefficient (Wildman–Crippen LogP) is 1.39. The highest BCUT2D eigenvalue weighted by atomic mass is 32.2. The SMILES string of the molecule is NCc1nc(CN2CCSC3CCCCC32)no1. The third-order valence-electron chi connectivity index (χ3n) is 3.88. The van der Waals surface area contributed by atoms with Crippen LogP contribution in [0, 0.1) is 0 Å². The molecule has 0 amide bonds. The minimum Gasteiger partial charge on any atom is -0.338 e. The number of fused-ring (bicyclic) bond motifs is 1. The lowest BCUT2D eigenvalue weighted by atomic mass is 9.93. The van der Waals surface area contributed by atoms with Crippen LogP contribution in [0.25, 0.3) is 0 Å². The zero-order chi connectivity index (χ0) is 12.4. The monoisotopic (exact) mass is 268 g/mol. The van der Waals surface area contributed by atoms with E-state index in [1.165, 1.54) is 31.4 Å². The van der Waals surface area contributed by atoms with Crippen molar-refractivity contribution < 1.29 is 4.52 Å². The van der Waals surface area contributed by atoms with Gasteiger partial charge >= 0.3 is 0 Å². The molecule has 18 heavy (non-hydrogen) atoms. The molecule has 1 aromatic heterocycles. The van der Waals surface area contributed by atoms with Gasteiger partial charge in [0, 0.05) is 23.6 Å². The van der Waals surface area contributed by atoms with Crippen LogP contribution in [0.2, 0.25) is 0 Å². The fourth-order valence-electron chi connectivity index (χ4n) is 2.99. The summed E-state index contributed by atoms with van der Waals surface area (Å²) in [5.74, 6) is 2.55. The van der Waals surface area contributed by atoms with Gasteiger partial charge < -0.3 is 10.3 Å². The molecule has 2 heterocycles. The Labute approximate surface area is 111 Å². The third-order valence-corrected chi connectivity index (χ3v) is 5.27. The van der Waals surface area contributed by atoms with E-state index in [2.05, 4.69) is 26.8 Å². The summed E-state index contributed by atoms with van der Waals surface area (Å²) >= 11 is 2.15. The molecule has 2 fully saturated rings. The highest BCUT2D eigenvalue weighted by Gasteiger charge is 2.34. The molecule has 2 atom stereocenters. The average Bonchev–Trinajstić information content (AvgIpc) is 2.87. The summed E-state index contributed by atoms with van der Waals surface area (Å²) in [4.78, 5) is 6.84. The molecule has 1 aromatic rings. The predicted molar refractivity (Wildman–Crippen MR) is 71.1 cm³/mol. The standard InChI is InChI=1S/C12H20N4OS/c13-7-12-14-11(15-17-12)8-16-5-6-18-10-4-2-1-3-9(10)16/h9-10H,1-8,13H2. The van der Waals surface area contributed by atoms with Crippen LogP contribution < -0.4 is 5.73 Å². The van der Waals surface area contributed by atoms with Gasteiger partial charge in [-0.25, -0.2) is 0 Å². The van der Waals surface area contributed by atoms with Crippen LogP contribution in [0.4, 0.5) is 0 Å². The fourth-order valence-corrected chi connectivity index (χ4v) is 4.50. The molecule has 1 saturated carbocycles. The Morgan fingerprint density at radius 2 is 2.28 bits per heavy atom. The van der Waals surface area contributed by atoms with Crippen molar-refractivity contribution >= 4 is 11.8 Å². The molecule has 1 aliphatic carbocycles. The number of thioether (sulfide) groups is 1. The maximum absolute atomic E-state index is 5.49. The molecule has 0 radical (unpaired) electrons. The van der Waals surface area contributed by atoms with E-state index in [1.54, 1.807) is 0 Å². The first-order valence-electron chi connectivity index (χ1n) is 6.74. The van der Waals surface area contributed by atoms with Crippen LogP contribution in [0.15, 0.2) is 4.52 Å². The quantitative estimate of drug-likeness (QED) is 0.893. The van der Waals surface area contributed by atoms with E-state index in [0.717, 1.165) is 24.2 Å². The Kier molecular flexibility index (Phi) is 3.86. The summed E-state index contributed by atoms with van der Waals surface area (Å²) in [5.41, 5.74) is 5.49. The summed E-state index contributed by atoms with van der Waals surface area (Å²) in [6, 6.07) is 0.706. The summed E-state index contributed by atoms with van der Waals surface area (Å²) in [6.07, 6.45) is 5.44. The van der Waals surface area contributed by atoms with Crippen LogP contribution in [0.3, 0.4) is 0 Å². The maximum atomic E-state index is 5.49. The van der Waals surface area contributed by atoms with Gasteiger partial charge in [-0.15, -0.1) is 0 Å². The summed E-state index contributed by atoms with van der Waals surface area (Å²) in [6.45, 7) is 2.28. The first kappa shape index (κ1) is 12.4. The highest BCUT2D eigenvalue weighted by Crippen LogP contribution is 2.35. The lowest BCUT2D eigenvalue weighted by Gasteiger charge is -2.43. The zero-order valence-electron chi connectivity index (χ0n) is 10.5. The van der Waals surface area contributed by atoms with Crippen molar-refractivity contribution in [3.63, 3.8) is 0 Å². The molecule has 1 aliphatic heterocycles. The van der Waals surface area contributed by atoms with E-state index in [4.69, 9.17) is 10.3 Å². The Morgan fingerprint density at radius 1 is 1.39 bits per heavy atom. The van der Waals surface area contributed by atoms with Gasteiger partial charge in [0.05, 0.1) is 13.1 Å². The molecule has 0 spiro atoms. The number of rotatable bonds is 3. The molecule has 3 rings (SSSR count). The van der Waals surface area contributed by atoms with Crippen molar-refractivity contribution in [3.05, 3.63) is 11.7 Å². The lowest BCUT2D eigenvalue weighted by Crippen LogP contribution is -2.48. The summed E-state index contributed by atoms with van der Waals surface area (Å²) < 4.78 is 5.07. The summed E-state index contributed by atoms with van der Waals surface area (Å²) in [7, 11) is 0. The summed E-state index contributed by atoms with van der Waals surface area (Å²) in [5, 5.41) is 4.82. The smallest absolute Gasteiger partial charge is 0.240 e. The Bertz CT molecular complexity index is 395. The number of hydrogen-bond acceptors (Lipinski definition) is 6. The minimum absolute atomic E-state index is 0.328.